The van der Waals surface area contributed by atoms with Gasteiger partial charge in [0.15, 0.2) is 0 Å². The summed E-state index contributed by atoms with van der Waals surface area (Å²) in [5, 5.41) is 5.58. The zero-order valence-corrected chi connectivity index (χ0v) is 16.6. The molecule has 0 bridgehead atoms. The highest BCUT2D eigenvalue weighted by atomic mass is 16.5. The Morgan fingerprint density at radius 1 is 0.931 bits per heavy atom. The number of nitrogens with one attached hydrogen (secondary N) is 2. The second-order valence-electron chi connectivity index (χ2n) is 7.19. The molecule has 2 unspecified atom stereocenters. The van der Waals surface area contributed by atoms with Crippen molar-refractivity contribution in [3.05, 3.63) is 54.1 Å². The molecule has 0 spiro atoms. The van der Waals surface area contributed by atoms with Gasteiger partial charge >= 0.3 is 5.97 Å². The number of rotatable bonds is 7. The first-order valence-corrected chi connectivity index (χ1v) is 9.44. The van der Waals surface area contributed by atoms with Crippen molar-refractivity contribution in [2.45, 2.75) is 26.4 Å². The van der Waals surface area contributed by atoms with E-state index in [1.807, 2.05) is 13.8 Å². The Hall–Kier alpha value is -3.35. The average Bonchev–Trinajstić information content (AvgIpc) is 3.50. The lowest BCUT2D eigenvalue weighted by molar-refractivity contribution is -0.122. The Bertz CT molecular complexity index is 908. The molecule has 0 aliphatic heterocycles. The van der Waals surface area contributed by atoms with Gasteiger partial charge in [-0.1, -0.05) is 6.07 Å². The maximum atomic E-state index is 12.4. The zero-order valence-electron chi connectivity index (χ0n) is 16.6. The molecule has 29 heavy (non-hydrogen) atoms. The highest BCUT2D eigenvalue weighted by Gasteiger charge is 2.48. The Labute approximate surface area is 169 Å². The molecule has 2 amide bonds. The van der Waals surface area contributed by atoms with E-state index >= 15 is 0 Å². The number of anilines is 2. The maximum Gasteiger partial charge on any atom is 0.337 e. The first-order valence-electron chi connectivity index (χ1n) is 9.44. The van der Waals surface area contributed by atoms with Crippen molar-refractivity contribution in [2.24, 2.45) is 11.8 Å². The summed E-state index contributed by atoms with van der Waals surface area (Å²) in [6.45, 7) is 3.89. The standard InChI is InChI=1S/C22H24N2O5/c1-13(2)29-17-9-7-15(8-10-17)23-20(25)18-12-19(18)21(26)24-16-6-4-5-14(11-16)22(27)28-3/h4-11,13,18-19H,12H2,1-3H3,(H,23,25)(H,24,26). The fourth-order valence-electron chi connectivity index (χ4n) is 2.98. The van der Waals surface area contributed by atoms with Crippen LogP contribution in [-0.4, -0.2) is 31.0 Å². The summed E-state index contributed by atoms with van der Waals surface area (Å²) in [5.41, 5.74) is 1.49. The van der Waals surface area contributed by atoms with Gasteiger partial charge in [0.25, 0.3) is 0 Å². The summed E-state index contributed by atoms with van der Waals surface area (Å²) in [7, 11) is 1.30. The summed E-state index contributed by atoms with van der Waals surface area (Å²) >= 11 is 0. The van der Waals surface area contributed by atoms with E-state index in [2.05, 4.69) is 15.4 Å². The minimum atomic E-state index is -0.477. The van der Waals surface area contributed by atoms with Crippen molar-refractivity contribution in [1.82, 2.24) is 0 Å². The third-order valence-corrected chi connectivity index (χ3v) is 4.51. The second kappa shape index (κ2) is 8.77. The van der Waals surface area contributed by atoms with Crippen LogP contribution in [0.3, 0.4) is 0 Å². The summed E-state index contributed by atoms with van der Waals surface area (Å²) in [6.07, 6.45) is 0.567. The number of benzene rings is 2. The lowest BCUT2D eigenvalue weighted by Gasteiger charge is -2.10. The van der Waals surface area contributed by atoms with Gasteiger partial charge in [0.1, 0.15) is 5.75 Å². The molecule has 1 aliphatic carbocycles. The van der Waals surface area contributed by atoms with Crippen LogP contribution in [0.25, 0.3) is 0 Å². The van der Waals surface area contributed by atoms with Crippen molar-refractivity contribution in [2.75, 3.05) is 17.7 Å². The highest BCUT2D eigenvalue weighted by Crippen LogP contribution is 2.40. The third-order valence-electron chi connectivity index (χ3n) is 4.51. The van der Waals surface area contributed by atoms with E-state index in [0.717, 1.165) is 5.75 Å². The summed E-state index contributed by atoms with van der Waals surface area (Å²) in [6, 6.07) is 13.6. The molecule has 0 saturated heterocycles. The van der Waals surface area contributed by atoms with Crippen LogP contribution in [0, 0.1) is 11.8 Å². The van der Waals surface area contributed by atoms with Crippen molar-refractivity contribution >= 4 is 29.2 Å². The van der Waals surface area contributed by atoms with E-state index in [1.54, 1.807) is 48.5 Å². The van der Waals surface area contributed by atoms with Gasteiger partial charge in [0.2, 0.25) is 11.8 Å². The topological polar surface area (TPSA) is 93.7 Å². The third kappa shape index (κ3) is 5.34. The fraction of sp³-hybridized carbons (Fsp3) is 0.318. The van der Waals surface area contributed by atoms with Crippen LogP contribution in [0.5, 0.6) is 5.75 Å². The van der Waals surface area contributed by atoms with E-state index in [4.69, 9.17) is 4.74 Å². The molecule has 2 atom stereocenters. The van der Waals surface area contributed by atoms with Gasteiger partial charge < -0.3 is 20.1 Å². The number of methoxy groups -OCH3 is 1. The average molecular weight is 396 g/mol. The lowest BCUT2D eigenvalue weighted by atomic mass is 10.2. The van der Waals surface area contributed by atoms with Gasteiger partial charge in [-0.3, -0.25) is 9.59 Å². The van der Waals surface area contributed by atoms with Crippen LogP contribution >= 0.6 is 0 Å². The smallest absolute Gasteiger partial charge is 0.337 e. The molecule has 0 radical (unpaired) electrons. The summed E-state index contributed by atoms with van der Waals surface area (Å²) < 4.78 is 10.2. The number of carbonyl (C=O) groups is 3. The molecule has 1 aliphatic rings. The van der Waals surface area contributed by atoms with E-state index < -0.39 is 5.97 Å². The predicted molar refractivity (Wildman–Crippen MR) is 109 cm³/mol. The minimum absolute atomic E-state index is 0.0782. The van der Waals surface area contributed by atoms with E-state index in [9.17, 15) is 14.4 Å². The number of carbonyl (C=O) groups excluding carboxylic acids is 3. The molecular weight excluding hydrogens is 372 g/mol. The lowest BCUT2D eigenvalue weighted by Crippen LogP contribution is -2.20. The summed E-state index contributed by atoms with van der Waals surface area (Å²) in [4.78, 5) is 36.4. The Morgan fingerprint density at radius 3 is 2.14 bits per heavy atom. The molecule has 0 aromatic heterocycles. The molecular formula is C22H24N2O5. The second-order valence-corrected chi connectivity index (χ2v) is 7.19. The van der Waals surface area contributed by atoms with Crippen LogP contribution in [-0.2, 0) is 14.3 Å². The van der Waals surface area contributed by atoms with Crippen molar-refractivity contribution in [1.29, 1.82) is 0 Å². The molecule has 2 aromatic rings. The quantitative estimate of drug-likeness (QED) is 0.699. The van der Waals surface area contributed by atoms with Crippen molar-refractivity contribution in [3.8, 4) is 5.75 Å². The normalized spacial score (nSPS) is 17.4. The Kier molecular flexibility index (Phi) is 6.16. The number of ether oxygens (including phenoxy) is 2. The number of hydrogen-bond acceptors (Lipinski definition) is 5. The minimum Gasteiger partial charge on any atom is -0.491 e. The monoisotopic (exact) mass is 396 g/mol. The van der Waals surface area contributed by atoms with E-state index in [0.29, 0.717) is 23.4 Å². The van der Waals surface area contributed by atoms with Gasteiger partial charge in [0, 0.05) is 11.4 Å². The molecule has 1 saturated carbocycles. The molecule has 152 valence electrons. The summed E-state index contributed by atoms with van der Waals surface area (Å²) in [5.74, 6) is -0.935. The molecule has 7 nitrogen and oxygen atoms in total. The number of hydrogen-bond donors (Lipinski definition) is 2. The molecule has 0 heterocycles. The van der Waals surface area contributed by atoms with Gasteiger partial charge in [0.05, 0.1) is 30.6 Å². The molecule has 3 rings (SSSR count). The number of amides is 2. The molecule has 7 heteroatoms. The molecule has 1 fully saturated rings. The van der Waals surface area contributed by atoms with Crippen LogP contribution in [0.2, 0.25) is 0 Å². The zero-order chi connectivity index (χ0) is 21.0. The van der Waals surface area contributed by atoms with Gasteiger partial charge in [-0.05, 0) is 62.7 Å². The fourth-order valence-corrected chi connectivity index (χ4v) is 2.98. The van der Waals surface area contributed by atoms with Gasteiger partial charge in [-0.15, -0.1) is 0 Å². The Morgan fingerprint density at radius 2 is 1.55 bits per heavy atom. The van der Waals surface area contributed by atoms with Gasteiger partial charge in [-0.2, -0.15) is 0 Å². The van der Waals surface area contributed by atoms with Crippen LogP contribution < -0.4 is 15.4 Å². The van der Waals surface area contributed by atoms with Crippen LogP contribution in [0.15, 0.2) is 48.5 Å². The molecule has 2 N–H and O–H groups in total. The largest absolute Gasteiger partial charge is 0.491 e. The van der Waals surface area contributed by atoms with Gasteiger partial charge in [-0.25, -0.2) is 4.79 Å². The maximum absolute atomic E-state index is 12.4. The van der Waals surface area contributed by atoms with E-state index in [-0.39, 0.29) is 29.8 Å². The molecule has 2 aromatic carbocycles. The number of esters is 1. The SMILES string of the molecule is COC(=O)c1cccc(NC(=O)C2CC2C(=O)Nc2ccc(OC(C)C)cc2)c1. The Balaban J connectivity index is 1.53. The predicted octanol–water partition coefficient (Wildman–Crippen LogP) is 3.47. The highest BCUT2D eigenvalue weighted by molar-refractivity contribution is 6.03. The van der Waals surface area contributed by atoms with Crippen molar-refractivity contribution in [3.63, 3.8) is 0 Å². The first-order chi connectivity index (χ1) is 13.9. The van der Waals surface area contributed by atoms with Crippen LogP contribution in [0.1, 0.15) is 30.6 Å². The van der Waals surface area contributed by atoms with Crippen molar-refractivity contribution < 1.29 is 23.9 Å². The van der Waals surface area contributed by atoms with Crippen LogP contribution in [0.4, 0.5) is 11.4 Å². The first kappa shape index (κ1) is 20.4. The van der Waals surface area contributed by atoms with E-state index in [1.165, 1.54) is 7.11 Å².